The molecule has 0 spiro atoms. The average molecular weight is 479 g/mol. The Labute approximate surface area is 219 Å². The maximum atomic E-state index is 3.50. The Morgan fingerprint density at radius 1 is 0.676 bits per heavy atom. The molecule has 0 saturated heterocycles. The molecule has 1 N–H and O–H groups in total. The third-order valence-corrected chi connectivity index (χ3v) is 6.90. The van der Waals surface area contributed by atoms with Gasteiger partial charge >= 0.3 is 0 Å². The lowest BCUT2D eigenvalue weighted by molar-refractivity contribution is 0.740. The van der Waals surface area contributed by atoms with Crippen LogP contribution in [0.4, 0.5) is 28.4 Å². The van der Waals surface area contributed by atoms with E-state index < -0.39 is 0 Å². The molecule has 5 aromatic rings. The summed E-state index contributed by atoms with van der Waals surface area (Å²) in [5.74, 6) is 0.558. The standard InChI is InChI=1S/C35H30N2/c1-26-10-7-13-28(24-26)29-14-8-17-33(25-29)37(35-19-9-12-27-11-5-6-18-34(27)35)32-22-20-31(21-23-32)36-30-15-3-2-4-16-30/h2-9,11-26,36H,10H2,1H3. The monoisotopic (exact) mass is 478 g/mol. The molecule has 5 aromatic carbocycles. The zero-order chi connectivity index (χ0) is 25.0. The van der Waals surface area contributed by atoms with E-state index in [0.29, 0.717) is 5.92 Å². The van der Waals surface area contributed by atoms with Crippen molar-refractivity contribution >= 4 is 44.8 Å². The second kappa shape index (κ2) is 10.2. The van der Waals surface area contributed by atoms with E-state index in [1.54, 1.807) is 0 Å². The summed E-state index contributed by atoms with van der Waals surface area (Å²) in [6.45, 7) is 2.28. The van der Waals surface area contributed by atoms with Crippen LogP contribution < -0.4 is 10.2 Å². The summed E-state index contributed by atoms with van der Waals surface area (Å²) >= 11 is 0. The molecule has 2 nitrogen and oxygen atoms in total. The van der Waals surface area contributed by atoms with Gasteiger partial charge in [-0.3, -0.25) is 0 Å². The number of allylic oxidation sites excluding steroid dienone is 4. The molecule has 0 heterocycles. The number of anilines is 5. The van der Waals surface area contributed by atoms with E-state index in [4.69, 9.17) is 0 Å². The van der Waals surface area contributed by atoms with E-state index in [1.165, 1.54) is 27.6 Å². The van der Waals surface area contributed by atoms with Gasteiger partial charge in [-0.25, -0.2) is 0 Å². The van der Waals surface area contributed by atoms with Gasteiger partial charge in [0.25, 0.3) is 0 Å². The maximum absolute atomic E-state index is 3.50. The number of benzene rings is 5. The Hall–Kier alpha value is -4.56. The second-order valence-corrected chi connectivity index (χ2v) is 9.66. The van der Waals surface area contributed by atoms with Gasteiger partial charge in [-0.05, 0) is 83.5 Å². The summed E-state index contributed by atoms with van der Waals surface area (Å²) in [4.78, 5) is 2.37. The third-order valence-electron chi connectivity index (χ3n) is 6.90. The fourth-order valence-electron chi connectivity index (χ4n) is 5.07. The smallest absolute Gasteiger partial charge is 0.0540 e. The minimum Gasteiger partial charge on any atom is -0.356 e. The largest absolute Gasteiger partial charge is 0.356 e. The molecule has 6 rings (SSSR count). The highest BCUT2D eigenvalue weighted by Gasteiger charge is 2.16. The molecule has 180 valence electrons. The van der Waals surface area contributed by atoms with Gasteiger partial charge in [-0.1, -0.05) is 91.9 Å². The van der Waals surface area contributed by atoms with Crippen molar-refractivity contribution in [2.45, 2.75) is 13.3 Å². The first-order valence-electron chi connectivity index (χ1n) is 12.9. The lowest BCUT2D eigenvalue weighted by atomic mass is 9.93. The van der Waals surface area contributed by atoms with Crippen LogP contribution in [0.25, 0.3) is 16.3 Å². The highest BCUT2D eigenvalue weighted by atomic mass is 15.1. The summed E-state index contributed by atoms with van der Waals surface area (Å²) in [6, 6.07) is 43.0. The van der Waals surface area contributed by atoms with Crippen molar-refractivity contribution in [2.24, 2.45) is 5.92 Å². The van der Waals surface area contributed by atoms with Crippen LogP contribution in [0.1, 0.15) is 18.9 Å². The number of hydrogen-bond donors (Lipinski definition) is 1. The molecular weight excluding hydrogens is 448 g/mol. The highest BCUT2D eigenvalue weighted by molar-refractivity contribution is 5.99. The van der Waals surface area contributed by atoms with Gasteiger partial charge in [-0.2, -0.15) is 0 Å². The maximum Gasteiger partial charge on any atom is 0.0540 e. The van der Waals surface area contributed by atoms with Crippen molar-refractivity contribution in [2.75, 3.05) is 10.2 Å². The molecule has 1 atom stereocenters. The molecule has 0 aromatic heterocycles. The van der Waals surface area contributed by atoms with Crippen LogP contribution in [0.5, 0.6) is 0 Å². The van der Waals surface area contributed by atoms with Crippen LogP contribution in [0.3, 0.4) is 0 Å². The lowest BCUT2D eigenvalue weighted by Gasteiger charge is -2.28. The Bertz CT molecular complexity index is 1570. The molecule has 1 aliphatic carbocycles. The van der Waals surface area contributed by atoms with Crippen molar-refractivity contribution in [1.82, 2.24) is 0 Å². The van der Waals surface area contributed by atoms with Gasteiger partial charge in [0.15, 0.2) is 0 Å². The normalized spacial score (nSPS) is 14.8. The van der Waals surface area contributed by atoms with Gasteiger partial charge in [0.05, 0.1) is 5.69 Å². The molecule has 0 bridgehead atoms. The molecular formula is C35H30N2. The third kappa shape index (κ3) is 4.92. The summed E-state index contributed by atoms with van der Waals surface area (Å²) in [7, 11) is 0. The van der Waals surface area contributed by atoms with E-state index in [0.717, 1.165) is 29.2 Å². The van der Waals surface area contributed by atoms with Gasteiger partial charge in [0, 0.05) is 28.1 Å². The first kappa shape index (κ1) is 22.9. The minimum atomic E-state index is 0.558. The van der Waals surface area contributed by atoms with E-state index in [2.05, 4.69) is 138 Å². The van der Waals surface area contributed by atoms with Crippen LogP contribution in [0, 0.1) is 5.92 Å². The molecule has 0 amide bonds. The quantitative estimate of drug-likeness (QED) is 0.261. The first-order valence-corrected chi connectivity index (χ1v) is 12.9. The zero-order valence-electron chi connectivity index (χ0n) is 21.0. The van der Waals surface area contributed by atoms with Crippen LogP contribution in [0.15, 0.2) is 140 Å². The van der Waals surface area contributed by atoms with E-state index in [9.17, 15) is 0 Å². The number of nitrogens with one attached hydrogen (secondary N) is 1. The van der Waals surface area contributed by atoms with Crippen molar-refractivity contribution in [3.05, 3.63) is 145 Å². The summed E-state index contributed by atoms with van der Waals surface area (Å²) in [5, 5.41) is 5.96. The number of fused-ring (bicyclic) bond motifs is 1. The van der Waals surface area contributed by atoms with Gasteiger partial charge in [0.1, 0.15) is 0 Å². The van der Waals surface area contributed by atoms with Crippen molar-refractivity contribution < 1.29 is 0 Å². The molecule has 0 fully saturated rings. The number of hydrogen-bond acceptors (Lipinski definition) is 2. The van der Waals surface area contributed by atoms with Crippen molar-refractivity contribution in [3.63, 3.8) is 0 Å². The summed E-state index contributed by atoms with van der Waals surface area (Å²) in [6.07, 6.45) is 8.03. The Balaban J connectivity index is 1.45. The van der Waals surface area contributed by atoms with E-state index >= 15 is 0 Å². The molecule has 0 aliphatic heterocycles. The number of rotatable bonds is 6. The topological polar surface area (TPSA) is 15.3 Å². The van der Waals surface area contributed by atoms with Crippen LogP contribution in [-0.2, 0) is 0 Å². The van der Waals surface area contributed by atoms with Crippen LogP contribution >= 0.6 is 0 Å². The second-order valence-electron chi connectivity index (χ2n) is 9.66. The van der Waals surface area contributed by atoms with Gasteiger partial charge in [0.2, 0.25) is 0 Å². The summed E-state index contributed by atoms with van der Waals surface area (Å²) in [5.41, 5.74) is 8.11. The first-order chi connectivity index (χ1) is 18.2. The number of para-hydroxylation sites is 1. The molecule has 37 heavy (non-hydrogen) atoms. The number of nitrogens with zero attached hydrogens (tertiary/aromatic N) is 1. The summed E-state index contributed by atoms with van der Waals surface area (Å²) < 4.78 is 0. The predicted molar refractivity (Wildman–Crippen MR) is 159 cm³/mol. The van der Waals surface area contributed by atoms with E-state index in [-0.39, 0.29) is 0 Å². The van der Waals surface area contributed by atoms with Crippen molar-refractivity contribution in [3.8, 4) is 0 Å². The highest BCUT2D eigenvalue weighted by Crippen LogP contribution is 2.40. The van der Waals surface area contributed by atoms with E-state index in [1.807, 2.05) is 18.2 Å². The van der Waals surface area contributed by atoms with Crippen molar-refractivity contribution in [1.29, 1.82) is 0 Å². The molecule has 1 aliphatic rings. The zero-order valence-corrected chi connectivity index (χ0v) is 21.0. The molecule has 0 radical (unpaired) electrons. The Morgan fingerprint density at radius 2 is 1.41 bits per heavy atom. The Morgan fingerprint density at radius 3 is 2.24 bits per heavy atom. The molecule has 0 saturated carbocycles. The van der Waals surface area contributed by atoms with Gasteiger partial charge in [-0.15, -0.1) is 0 Å². The minimum absolute atomic E-state index is 0.558. The van der Waals surface area contributed by atoms with Gasteiger partial charge < -0.3 is 10.2 Å². The molecule has 1 unspecified atom stereocenters. The average Bonchev–Trinajstić information content (AvgIpc) is 2.95. The fraction of sp³-hybridized carbons (Fsp3) is 0.0857. The lowest BCUT2D eigenvalue weighted by Crippen LogP contribution is -2.11. The Kier molecular flexibility index (Phi) is 6.31. The SMILES string of the molecule is CC1C=C(c2cccc(N(c3ccc(Nc4ccccc4)cc3)c3cccc4ccccc34)c2)C=CC1. The fourth-order valence-corrected chi connectivity index (χ4v) is 5.07. The predicted octanol–water partition coefficient (Wildman–Crippen LogP) is 10.0. The van der Waals surface area contributed by atoms with Crippen LogP contribution in [-0.4, -0.2) is 0 Å². The van der Waals surface area contributed by atoms with Crippen LogP contribution in [0.2, 0.25) is 0 Å². The molecule has 2 heteroatoms.